The molecule has 1 aliphatic heterocycles. The van der Waals surface area contributed by atoms with Gasteiger partial charge in [0.25, 0.3) is 0 Å². The topological polar surface area (TPSA) is 91.5 Å². The van der Waals surface area contributed by atoms with Crippen molar-refractivity contribution in [2.45, 2.75) is 19.1 Å². The Hall–Kier alpha value is -3.45. The summed E-state index contributed by atoms with van der Waals surface area (Å²) in [4.78, 5) is 20.5. The van der Waals surface area contributed by atoms with Crippen LogP contribution in [0, 0.1) is 11.6 Å². The summed E-state index contributed by atoms with van der Waals surface area (Å²) in [6.07, 6.45) is -2.90. The van der Waals surface area contributed by atoms with Crippen LogP contribution in [-0.4, -0.2) is 59.8 Å². The lowest BCUT2D eigenvalue weighted by Crippen LogP contribution is -2.47. The number of urea groups is 1. The second kappa shape index (κ2) is 10.0. The van der Waals surface area contributed by atoms with Crippen LogP contribution in [0.25, 0.3) is 11.0 Å². The van der Waals surface area contributed by atoms with Crippen molar-refractivity contribution in [2.24, 2.45) is 0 Å². The number of anilines is 1. The molecule has 188 valence electrons. The predicted octanol–water partition coefficient (Wildman–Crippen LogP) is 4.49. The maximum Gasteiger partial charge on any atom is 0.418 e. The third-order valence-corrected chi connectivity index (χ3v) is 5.32. The highest BCUT2D eigenvalue weighted by molar-refractivity contribution is 5.90. The number of H-pyrrole nitrogens is 1. The molecule has 13 heteroatoms. The van der Waals surface area contributed by atoms with Gasteiger partial charge in [0.1, 0.15) is 11.4 Å². The molecule has 4 rings (SSSR count). The van der Waals surface area contributed by atoms with Gasteiger partial charge in [-0.2, -0.15) is 13.2 Å². The Bertz CT molecular complexity index is 1190. The zero-order chi connectivity index (χ0) is 25.2. The number of aromatic amines is 1. The Morgan fingerprint density at radius 1 is 1.26 bits per heavy atom. The Morgan fingerprint density at radius 3 is 2.60 bits per heavy atom. The van der Waals surface area contributed by atoms with Crippen molar-refractivity contribution in [3.05, 3.63) is 47.8 Å². The van der Waals surface area contributed by atoms with Gasteiger partial charge in [-0.1, -0.05) is 0 Å². The number of pyridine rings is 1. The Kier molecular flexibility index (Phi) is 7.08. The molecule has 0 bridgehead atoms. The number of halogens is 5. The zero-order valence-corrected chi connectivity index (χ0v) is 18.5. The van der Waals surface area contributed by atoms with Gasteiger partial charge in [-0.3, -0.25) is 4.90 Å². The SMILES string of the molecule is CC(CN1CCOCC1)NC(=O)Nc1cc(F)c(Oc2ccnc3[nH]cc(C(F)(F)F)c23)c(F)c1. The molecule has 8 nitrogen and oxygen atoms in total. The molecule has 0 saturated carbocycles. The number of aromatic nitrogens is 2. The summed E-state index contributed by atoms with van der Waals surface area (Å²) in [5, 5.41) is 4.56. The van der Waals surface area contributed by atoms with Crippen LogP contribution in [-0.2, 0) is 10.9 Å². The number of fused-ring (bicyclic) bond motifs is 1. The van der Waals surface area contributed by atoms with Gasteiger partial charge < -0.3 is 25.1 Å². The molecule has 1 aliphatic rings. The normalized spacial score (nSPS) is 15.7. The van der Waals surface area contributed by atoms with Crippen LogP contribution in [0.1, 0.15) is 12.5 Å². The van der Waals surface area contributed by atoms with Crippen LogP contribution in [0.3, 0.4) is 0 Å². The van der Waals surface area contributed by atoms with Crippen molar-refractivity contribution in [3.63, 3.8) is 0 Å². The third-order valence-electron chi connectivity index (χ3n) is 5.32. The number of nitrogens with zero attached hydrogens (tertiary/aromatic N) is 2. The highest BCUT2D eigenvalue weighted by Gasteiger charge is 2.35. The molecule has 2 amide bonds. The minimum atomic E-state index is -4.74. The maximum atomic E-state index is 14.7. The Labute approximate surface area is 196 Å². The molecule has 3 N–H and O–H groups in total. The van der Waals surface area contributed by atoms with Gasteiger partial charge in [-0.15, -0.1) is 0 Å². The van der Waals surface area contributed by atoms with Crippen molar-refractivity contribution in [1.29, 1.82) is 0 Å². The molecule has 1 fully saturated rings. The van der Waals surface area contributed by atoms with E-state index in [-0.39, 0.29) is 17.4 Å². The average molecular weight is 499 g/mol. The number of benzene rings is 1. The number of carbonyl (C=O) groups is 1. The van der Waals surface area contributed by atoms with Crippen LogP contribution in [0.2, 0.25) is 0 Å². The van der Waals surface area contributed by atoms with Gasteiger partial charge in [-0.25, -0.2) is 18.6 Å². The van der Waals surface area contributed by atoms with Crippen molar-refractivity contribution in [3.8, 4) is 11.5 Å². The van der Waals surface area contributed by atoms with E-state index in [1.807, 2.05) is 0 Å². The lowest BCUT2D eigenvalue weighted by atomic mass is 10.2. The van der Waals surface area contributed by atoms with E-state index in [1.54, 1.807) is 6.92 Å². The number of morpholine rings is 1. The summed E-state index contributed by atoms with van der Waals surface area (Å²) < 4.78 is 79.8. The van der Waals surface area contributed by atoms with Crippen LogP contribution in [0.5, 0.6) is 11.5 Å². The third kappa shape index (κ3) is 5.80. The summed E-state index contributed by atoms with van der Waals surface area (Å²) in [5.41, 5.74) is -1.43. The smallest absolute Gasteiger partial charge is 0.418 e. The summed E-state index contributed by atoms with van der Waals surface area (Å²) >= 11 is 0. The number of rotatable bonds is 6. The fraction of sp³-hybridized carbons (Fsp3) is 0.364. The molecule has 1 atom stereocenters. The maximum absolute atomic E-state index is 14.7. The van der Waals surface area contributed by atoms with Crippen molar-refractivity contribution >= 4 is 22.8 Å². The molecule has 1 aromatic carbocycles. The monoisotopic (exact) mass is 499 g/mol. The van der Waals surface area contributed by atoms with E-state index in [0.717, 1.165) is 37.5 Å². The number of nitrogens with one attached hydrogen (secondary N) is 3. The van der Waals surface area contributed by atoms with Crippen LogP contribution in [0.4, 0.5) is 32.4 Å². The van der Waals surface area contributed by atoms with E-state index in [9.17, 15) is 26.7 Å². The Morgan fingerprint density at radius 2 is 1.94 bits per heavy atom. The van der Waals surface area contributed by atoms with Gasteiger partial charge in [0.2, 0.25) is 0 Å². The lowest BCUT2D eigenvalue weighted by Gasteiger charge is -2.29. The molecule has 3 heterocycles. The van der Waals surface area contributed by atoms with Gasteiger partial charge >= 0.3 is 12.2 Å². The van der Waals surface area contributed by atoms with Crippen molar-refractivity contribution in [1.82, 2.24) is 20.2 Å². The highest BCUT2D eigenvalue weighted by Crippen LogP contribution is 2.40. The zero-order valence-electron chi connectivity index (χ0n) is 18.5. The summed E-state index contributed by atoms with van der Waals surface area (Å²) in [6, 6.07) is 1.77. The van der Waals surface area contributed by atoms with E-state index >= 15 is 0 Å². The number of ether oxygens (including phenoxy) is 2. The molecule has 0 radical (unpaired) electrons. The van der Waals surface area contributed by atoms with E-state index < -0.39 is 46.3 Å². The van der Waals surface area contributed by atoms with Crippen LogP contribution in [0.15, 0.2) is 30.6 Å². The van der Waals surface area contributed by atoms with Gasteiger partial charge in [-0.05, 0) is 13.0 Å². The van der Waals surface area contributed by atoms with E-state index in [2.05, 4.69) is 25.5 Å². The Balaban J connectivity index is 1.47. The first-order valence-corrected chi connectivity index (χ1v) is 10.7. The second-order valence-corrected chi connectivity index (χ2v) is 8.02. The standard InChI is InChI=1S/C22H22F5N5O3/c1-12(11-32-4-6-34-7-5-32)30-21(33)31-13-8-15(23)19(16(24)9-13)35-17-2-3-28-20-18(17)14(10-29-20)22(25,26)27/h2-3,8-10,12H,4-7,11H2,1H3,(H,28,29)(H2,30,31,33). The second-order valence-electron chi connectivity index (χ2n) is 8.02. The molecule has 1 unspecified atom stereocenters. The fourth-order valence-electron chi connectivity index (χ4n) is 3.78. The predicted molar refractivity (Wildman–Crippen MR) is 116 cm³/mol. The quantitative estimate of drug-likeness (QED) is 0.435. The van der Waals surface area contributed by atoms with Crippen LogP contribution >= 0.6 is 0 Å². The lowest BCUT2D eigenvalue weighted by molar-refractivity contribution is -0.136. The number of hydrogen-bond donors (Lipinski definition) is 3. The van der Waals surface area contributed by atoms with E-state index in [0.29, 0.717) is 26.0 Å². The summed E-state index contributed by atoms with van der Waals surface area (Å²) in [6.45, 7) is 5.06. The van der Waals surface area contributed by atoms with Gasteiger partial charge in [0.15, 0.2) is 17.4 Å². The number of hydrogen-bond acceptors (Lipinski definition) is 5. The minimum absolute atomic E-state index is 0.156. The fourth-order valence-corrected chi connectivity index (χ4v) is 3.78. The largest absolute Gasteiger partial charge is 0.450 e. The molecule has 0 aliphatic carbocycles. The van der Waals surface area contributed by atoms with Gasteiger partial charge in [0, 0.05) is 55.9 Å². The molecular weight excluding hydrogens is 477 g/mol. The van der Waals surface area contributed by atoms with Crippen LogP contribution < -0.4 is 15.4 Å². The number of carbonyl (C=O) groups excluding carboxylic acids is 1. The molecular formula is C22H22F5N5O3. The van der Waals surface area contributed by atoms with Crippen molar-refractivity contribution < 1.29 is 36.2 Å². The van der Waals surface area contributed by atoms with E-state index in [4.69, 9.17) is 9.47 Å². The van der Waals surface area contributed by atoms with Gasteiger partial charge in [0.05, 0.1) is 24.2 Å². The van der Waals surface area contributed by atoms with E-state index in [1.165, 1.54) is 0 Å². The molecule has 3 aromatic rings. The highest BCUT2D eigenvalue weighted by atomic mass is 19.4. The molecule has 1 saturated heterocycles. The molecule has 35 heavy (non-hydrogen) atoms. The van der Waals surface area contributed by atoms with Crippen molar-refractivity contribution in [2.75, 3.05) is 38.2 Å². The minimum Gasteiger partial charge on any atom is -0.450 e. The summed E-state index contributed by atoms with van der Waals surface area (Å²) in [5.74, 6) is -3.78. The number of amides is 2. The molecule has 2 aromatic heterocycles. The first-order valence-electron chi connectivity index (χ1n) is 10.7. The first-order chi connectivity index (χ1) is 16.6. The average Bonchev–Trinajstić information content (AvgIpc) is 3.22. The molecule has 0 spiro atoms. The number of alkyl halides is 3. The first kappa shape index (κ1) is 24.7. The summed E-state index contributed by atoms with van der Waals surface area (Å²) in [7, 11) is 0.